The van der Waals surface area contributed by atoms with Crippen molar-refractivity contribution in [2.24, 2.45) is 0 Å². The molecule has 0 aromatic heterocycles. The van der Waals surface area contributed by atoms with Crippen LogP contribution in [0.1, 0.15) is 27.8 Å². The molecule has 2 aliphatic carbocycles. The Hall–Kier alpha value is -4.30. The highest BCUT2D eigenvalue weighted by Gasteiger charge is 2.52. The van der Waals surface area contributed by atoms with E-state index >= 15 is 0 Å². The molecule has 1 spiro atoms. The number of fused-ring (bicyclic) bond motifs is 10. The van der Waals surface area contributed by atoms with Gasteiger partial charge in [0.1, 0.15) is 0 Å². The van der Waals surface area contributed by atoms with Gasteiger partial charge in [0, 0.05) is 39.1 Å². The maximum atomic E-state index is 2.38. The van der Waals surface area contributed by atoms with Crippen LogP contribution in [-0.2, 0) is 12.0 Å². The van der Waals surface area contributed by atoms with Crippen molar-refractivity contribution in [1.29, 1.82) is 0 Å². The van der Waals surface area contributed by atoms with Gasteiger partial charge in [0.25, 0.3) is 0 Å². The Morgan fingerprint density at radius 1 is 0.514 bits per heavy atom. The van der Waals surface area contributed by atoms with Crippen LogP contribution in [-0.4, -0.2) is 21.1 Å². The smallest absolute Gasteiger partial charge is 0.0728 e. The molecule has 0 N–H and O–H groups in total. The Balaban J connectivity index is 1.48. The van der Waals surface area contributed by atoms with Gasteiger partial charge in [-0.1, -0.05) is 97.1 Å². The highest BCUT2D eigenvalue weighted by Crippen LogP contribution is 2.63. The summed E-state index contributed by atoms with van der Waals surface area (Å²) >= 11 is 0. The minimum Gasteiger partial charge on any atom is -0.378 e. The molecule has 5 aromatic rings. The molecule has 2 heteroatoms. The maximum Gasteiger partial charge on any atom is 0.0728 e. The Morgan fingerprint density at radius 3 is 1.59 bits per heavy atom. The van der Waals surface area contributed by atoms with Crippen molar-refractivity contribution in [2.45, 2.75) is 12.0 Å². The topological polar surface area (TPSA) is 6.48 Å². The molecule has 0 heterocycles. The van der Waals surface area contributed by atoms with E-state index in [1.807, 2.05) is 0 Å². The first kappa shape index (κ1) is 21.9. The van der Waals surface area contributed by atoms with Crippen molar-refractivity contribution in [3.63, 3.8) is 0 Å². The van der Waals surface area contributed by atoms with Crippen molar-refractivity contribution in [2.75, 3.05) is 30.9 Å². The van der Waals surface area contributed by atoms with Crippen LogP contribution >= 0.6 is 0 Å². The predicted molar refractivity (Wildman–Crippen MR) is 156 cm³/mol. The number of anilines is 2. The van der Waals surface area contributed by atoms with Gasteiger partial charge in [-0.25, -0.2) is 0 Å². The highest BCUT2D eigenvalue weighted by atomic mass is 15.1. The Labute approximate surface area is 219 Å². The first-order chi connectivity index (χ1) is 18.1. The van der Waals surface area contributed by atoms with E-state index in [0.29, 0.717) is 0 Å². The summed E-state index contributed by atoms with van der Waals surface area (Å²) in [5, 5.41) is 0. The second-order valence-corrected chi connectivity index (χ2v) is 10.5. The second kappa shape index (κ2) is 8.11. The predicted octanol–water partition coefficient (Wildman–Crippen LogP) is 7.73. The van der Waals surface area contributed by atoms with Crippen LogP contribution in [0.15, 0.2) is 115 Å². The van der Waals surface area contributed by atoms with Crippen molar-refractivity contribution in [1.82, 2.24) is 0 Å². The van der Waals surface area contributed by atoms with E-state index < -0.39 is 0 Å². The van der Waals surface area contributed by atoms with E-state index in [9.17, 15) is 0 Å². The zero-order valence-corrected chi connectivity index (χ0v) is 21.6. The molecule has 0 fully saturated rings. The van der Waals surface area contributed by atoms with Gasteiger partial charge in [0.2, 0.25) is 0 Å². The highest BCUT2D eigenvalue weighted by molar-refractivity contribution is 5.95. The standard InChI is InChI=1S/C35H30N2/c1-36(2)25-13-11-14-26(22-25)37(3)23-24-12-10-18-30-29-17-6-9-21-33(29)35(34(24)30)31-19-7-4-15-27(31)28-16-5-8-20-32(28)35/h4-22H,23H2,1-3H3. The summed E-state index contributed by atoms with van der Waals surface area (Å²) in [6.45, 7) is 0.833. The maximum absolute atomic E-state index is 2.38. The van der Waals surface area contributed by atoms with Crippen LogP contribution in [0.2, 0.25) is 0 Å². The van der Waals surface area contributed by atoms with Crippen molar-refractivity contribution in [3.8, 4) is 22.3 Å². The molecule has 0 amide bonds. The number of hydrogen-bond donors (Lipinski definition) is 0. The lowest BCUT2D eigenvalue weighted by atomic mass is 9.69. The number of rotatable bonds is 4. The first-order valence-corrected chi connectivity index (χ1v) is 13.0. The van der Waals surface area contributed by atoms with E-state index in [-0.39, 0.29) is 5.41 Å². The van der Waals surface area contributed by atoms with Gasteiger partial charge in [-0.3, -0.25) is 0 Å². The third kappa shape index (κ3) is 2.99. The fraction of sp³-hybridized carbons (Fsp3) is 0.143. The van der Waals surface area contributed by atoms with E-state index in [2.05, 4.69) is 146 Å². The molecular weight excluding hydrogens is 448 g/mol. The Morgan fingerprint density at radius 2 is 1.00 bits per heavy atom. The van der Waals surface area contributed by atoms with Gasteiger partial charge in [-0.15, -0.1) is 0 Å². The number of benzene rings is 5. The second-order valence-electron chi connectivity index (χ2n) is 10.5. The molecule has 0 saturated heterocycles. The minimum atomic E-state index is -0.304. The summed E-state index contributed by atoms with van der Waals surface area (Å²) in [5.41, 5.74) is 14.5. The molecule has 0 saturated carbocycles. The lowest BCUT2D eigenvalue weighted by molar-refractivity contribution is 0.769. The molecule has 37 heavy (non-hydrogen) atoms. The van der Waals surface area contributed by atoms with Crippen molar-refractivity contribution < 1.29 is 0 Å². The third-order valence-corrected chi connectivity index (χ3v) is 8.29. The average Bonchev–Trinajstić information content (AvgIpc) is 3.41. The van der Waals surface area contributed by atoms with E-state index in [4.69, 9.17) is 0 Å². The summed E-state index contributed by atoms with van der Waals surface area (Å²) in [6.07, 6.45) is 0. The lowest BCUT2D eigenvalue weighted by Gasteiger charge is -2.33. The van der Waals surface area contributed by atoms with Crippen LogP contribution in [0.3, 0.4) is 0 Å². The van der Waals surface area contributed by atoms with Crippen LogP contribution in [0.5, 0.6) is 0 Å². The molecule has 0 atom stereocenters. The Bertz CT molecular complexity index is 1600. The number of hydrogen-bond acceptors (Lipinski definition) is 2. The Kier molecular flexibility index (Phi) is 4.81. The molecule has 7 rings (SSSR count). The molecule has 0 unspecified atom stereocenters. The molecule has 0 radical (unpaired) electrons. The number of nitrogens with zero attached hydrogens (tertiary/aromatic N) is 2. The molecule has 2 aliphatic rings. The van der Waals surface area contributed by atoms with Crippen LogP contribution in [0.25, 0.3) is 22.3 Å². The van der Waals surface area contributed by atoms with Gasteiger partial charge >= 0.3 is 0 Å². The fourth-order valence-electron chi connectivity index (χ4n) is 6.73. The zero-order valence-electron chi connectivity index (χ0n) is 21.6. The molecular formula is C35H30N2. The molecule has 0 aliphatic heterocycles. The molecule has 5 aromatic carbocycles. The van der Waals surface area contributed by atoms with Crippen molar-refractivity contribution >= 4 is 11.4 Å². The van der Waals surface area contributed by atoms with Crippen LogP contribution in [0, 0.1) is 0 Å². The lowest BCUT2D eigenvalue weighted by Crippen LogP contribution is -2.29. The fourth-order valence-corrected chi connectivity index (χ4v) is 6.73. The molecule has 2 nitrogen and oxygen atoms in total. The summed E-state index contributed by atoms with van der Waals surface area (Å²) in [5.74, 6) is 0. The quantitative estimate of drug-likeness (QED) is 0.255. The SMILES string of the molecule is CN(C)c1cccc(N(C)Cc2cccc3c2C2(c4ccccc4-c4ccccc42)c2ccccc2-3)c1. The van der Waals surface area contributed by atoms with Gasteiger partial charge in [0.15, 0.2) is 0 Å². The summed E-state index contributed by atoms with van der Waals surface area (Å²) in [7, 11) is 6.40. The van der Waals surface area contributed by atoms with Gasteiger partial charge in [-0.2, -0.15) is 0 Å². The third-order valence-electron chi connectivity index (χ3n) is 8.29. The summed E-state index contributed by atoms with van der Waals surface area (Å²) in [4.78, 5) is 4.54. The minimum absolute atomic E-state index is 0.304. The molecule has 0 bridgehead atoms. The van der Waals surface area contributed by atoms with E-state index in [1.54, 1.807) is 0 Å². The van der Waals surface area contributed by atoms with Gasteiger partial charge < -0.3 is 9.80 Å². The van der Waals surface area contributed by atoms with E-state index in [0.717, 1.165) is 6.54 Å². The first-order valence-electron chi connectivity index (χ1n) is 13.0. The van der Waals surface area contributed by atoms with Gasteiger partial charge in [-0.05, 0) is 68.3 Å². The van der Waals surface area contributed by atoms with Crippen LogP contribution in [0.4, 0.5) is 11.4 Å². The zero-order chi connectivity index (χ0) is 25.1. The molecule has 180 valence electrons. The van der Waals surface area contributed by atoms with Gasteiger partial charge in [0.05, 0.1) is 5.41 Å². The monoisotopic (exact) mass is 478 g/mol. The van der Waals surface area contributed by atoms with Crippen molar-refractivity contribution in [3.05, 3.63) is 143 Å². The largest absolute Gasteiger partial charge is 0.378 e. The normalized spacial score (nSPS) is 13.6. The summed E-state index contributed by atoms with van der Waals surface area (Å²) in [6, 6.07) is 42.8. The average molecular weight is 479 g/mol. The van der Waals surface area contributed by atoms with Crippen LogP contribution < -0.4 is 9.80 Å². The van der Waals surface area contributed by atoms with E-state index in [1.165, 1.54) is 61.4 Å². The summed E-state index contributed by atoms with van der Waals surface area (Å²) < 4.78 is 0.